The van der Waals surface area contributed by atoms with Crippen LogP contribution in [0.2, 0.25) is 5.02 Å². The van der Waals surface area contributed by atoms with Crippen LogP contribution in [0.5, 0.6) is 0 Å². The molecular formula is C23H22ClN6O2+. The van der Waals surface area contributed by atoms with Crippen molar-refractivity contribution in [2.45, 2.75) is 12.5 Å². The first-order chi connectivity index (χ1) is 15.4. The quantitative estimate of drug-likeness (QED) is 0.672. The van der Waals surface area contributed by atoms with Crippen LogP contribution in [-0.4, -0.2) is 82.1 Å². The number of rotatable bonds is 4. The summed E-state index contributed by atoms with van der Waals surface area (Å²) in [5, 5.41) is 7.36. The molecule has 1 fully saturated rings. The van der Waals surface area contributed by atoms with E-state index in [1.807, 2.05) is 52.0 Å². The molecule has 162 valence electrons. The fourth-order valence-electron chi connectivity index (χ4n) is 4.16. The summed E-state index contributed by atoms with van der Waals surface area (Å²) >= 11 is 6.07. The highest BCUT2D eigenvalue weighted by Gasteiger charge is 2.53. The number of carbonyl (C=O) groups is 2. The lowest BCUT2D eigenvalue weighted by Gasteiger charge is -2.32. The number of hydrogen-bond acceptors (Lipinski definition) is 5. The summed E-state index contributed by atoms with van der Waals surface area (Å²) in [6.07, 6.45) is 0.758. The van der Waals surface area contributed by atoms with Crippen LogP contribution in [-0.2, 0) is 11.2 Å². The van der Waals surface area contributed by atoms with Gasteiger partial charge in [-0.1, -0.05) is 59.1 Å². The van der Waals surface area contributed by atoms with E-state index >= 15 is 0 Å². The zero-order chi connectivity index (χ0) is 22.4. The van der Waals surface area contributed by atoms with Crippen LogP contribution in [0.1, 0.15) is 11.1 Å². The van der Waals surface area contributed by atoms with E-state index in [0.717, 1.165) is 22.6 Å². The largest absolute Gasteiger partial charge is 0.416 e. The Kier molecular flexibility index (Phi) is 5.01. The van der Waals surface area contributed by atoms with Crippen molar-refractivity contribution >= 4 is 41.0 Å². The molecule has 0 radical (unpaired) electrons. The number of benzene rings is 2. The highest BCUT2D eigenvalue weighted by atomic mass is 35.5. The van der Waals surface area contributed by atoms with Crippen LogP contribution in [0.25, 0.3) is 0 Å². The molecular weight excluding hydrogens is 428 g/mol. The van der Waals surface area contributed by atoms with Crippen molar-refractivity contribution < 1.29 is 14.2 Å². The monoisotopic (exact) mass is 449 g/mol. The average Bonchev–Trinajstić information content (AvgIpc) is 3.21. The Bertz CT molecular complexity index is 1190. The summed E-state index contributed by atoms with van der Waals surface area (Å²) in [6.45, 7) is 0.982. The highest BCUT2D eigenvalue weighted by Crippen LogP contribution is 2.24. The van der Waals surface area contributed by atoms with Crippen molar-refractivity contribution in [2.24, 2.45) is 10.1 Å². The lowest BCUT2D eigenvalue weighted by molar-refractivity contribution is -0.527. The molecule has 1 saturated heterocycles. The fraction of sp³-hybridized carbons (Fsp3) is 0.261. The summed E-state index contributed by atoms with van der Waals surface area (Å²) in [5.41, 5.74) is 2.91. The van der Waals surface area contributed by atoms with E-state index in [9.17, 15) is 9.59 Å². The SMILES string of the molecule is CN1C(=O)C2C(=NC3=[N+]2CC(c2ccc(Cl)cc2)=NN3CCc2ccccc2)N(C)C1=O. The minimum absolute atomic E-state index is 0.290. The minimum Gasteiger partial charge on any atom is -0.270 e. The number of hydrazone groups is 1. The van der Waals surface area contributed by atoms with Gasteiger partial charge in [-0.05, 0) is 17.7 Å². The van der Waals surface area contributed by atoms with Crippen LogP contribution in [0.3, 0.4) is 0 Å². The van der Waals surface area contributed by atoms with Crippen molar-refractivity contribution in [1.29, 1.82) is 0 Å². The predicted octanol–water partition coefficient (Wildman–Crippen LogP) is 2.28. The number of halogens is 1. The van der Waals surface area contributed by atoms with Gasteiger partial charge in [0.1, 0.15) is 12.3 Å². The van der Waals surface area contributed by atoms with E-state index in [1.165, 1.54) is 17.5 Å². The first-order valence-electron chi connectivity index (χ1n) is 10.4. The molecule has 0 aromatic heterocycles. The van der Waals surface area contributed by atoms with Crippen molar-refractivity contribution in [1.82, 2.24) is 14.8 Å². The molecule has 5 rings (SSSR count). The van der Waals surface area contributed by atoms with Gasteiger partial charge in [-0.2, -0.15) is 0 Å². The van der Waals surface area contributed by atoms with Gasteiger partial charge in [0.2, 0.25) is 11.9 Å². The Morgan fingerprint density at radius 1 is 1.03 bits per heavy atom. The number of fused-ring (bicyclic) bond motifs is 2. The zero-order valence-electron chi connectivity index (χ0n) is 17.8. The van der Waals surface area contributed by atoms with E-state index in [-0.39, 0.29) is 11.9 Å². The van der Waals surface area contributed by atoms with Crippen molar-refractivity contribution in [2.75, 3.05) is 27.2 Å². The smallest absolute Gasteiger partial charge is 0.270 e. The van der Waals surface area contributed by atoms with Crippen LogP contribution in [0.15, 0.2) is 64.7 Å². The Balaban J connectivity index is 1.53. The molecule has 8 nitrogen and oxygen atoms in total. The van der Waals surface area contributed by atoms with Gasteiger partial charge < -0.3 is 0 Å². The van der Waals surface area contributed by atoms with Gasteiger partial charge in [-0.3, -0.25) is 14.6 Å². The van der Waals surface area contributed by atoms with Gasteiger partial charge in [-0.15, -0.1) is 10.1 Å². The van der Waals surface area contributed by atoms with Crippen molar-refractivity contribution in [3.8, 4) is 0 Å². The second kappa shape index (κ2) is 7.87. The number of aliphatic imine (C=N–C) groups is 1. The number of amidine groups is 1. The molecule has 1 atom stereocenters. The Labute approximate surface area is 190 Å². The van der Waals surface area contributed by atoms with E-state index < -0.39 is 6.04 Å². The third-order valence-electron chi connectivity index (χ3n) is 5.93. The number of carbonyl (C=O) groups excluding carboxylic acids is 2. The lowest BCUT2D eigenvalue weighted by Crippen LogP contribution is -2.62. The number of hydrogen-bond donors (Lipinski definition) is 0. The topological polar surface area (TPSA) is 71.6 Å². The predicted molar refractivity (Wildman–Crippen MR) is 122 cm³/mol. The second-order valence-corrected chi connectivity index (χ2v) is 8.39. The van der Waals surface area contributed by atoms with Gasteiger partial charge in [0.05, 0.1) is 6.54 Å². The molecule has 1 unspecified atom stereocenters. The van der Waals surface area contributed by atoms with E-state index in [0.29, 0.717) is 29.9 Å². The molecule has 32 heavy (non-hydrogen) atoms. The normalized spacial score (nSPS) is 20.3. The molecule has 9 heteroatoms. The van der Waals surface area contributed by atoms with Crippen molar-refractivity contribution in [3.05, 3.63) is 70.7 Å². The zero-order valence-corrected chi connectivity index (χ0v) is 18.5. The van der Waals surface area contributed by atoms with E-state index in [4.69, 9.17) is 21.7 Å². The standard InChI is InChI=1S/C23H22ClN6O2/c1-27-20-19(21(31)28(2)23(27)32)29-14-18(16-8-10-17(24)11-9-16)26-30(22(29)25-20)13-12-15-6-4-3-5-7-15/h3-11,19H,12-14H2,1-2H3/q+1. The molecule has 0 spiro atoms. The molecule has 3 heterocycles. The summed E-state index contributed by atoms with van der Waals surface area (Å²) in [7, 11) is 3.15. The highest BCUT2D eigenvalue weighted by molar-refractivity contribution is 6.30. The minimum atomic E-state index is -0.658. The first kappa shape index (κ1) is 20.4. The molecule has 0 saturated carbocycles. The molecule has 3 amide bonds. The lowest BCUT2D eigenvalue weighted by atomic mass is 10.1. The molecule has 0 bridgehead atoms. The Hall–Kier alpha value is -3.52. The van der Waals surface area contributed by atoms with Crippen LogP contribution >= 0.6 is 11.6 Å². The third kappa shape index (κ3) is 3.36. The molecule has 2 aromatic carbocycles. The fourth-order valence-corrected chi connectivity index (χ4v) is 4.28. The number of nitrogens with zero attached hydrogens (tertiary/aromatic N) is 6. The Morgan fingerprint density at radius 2 is 1.75 bits per heavy atom. The summed E-state index contributed by atoms with van der Waals surface area (Å²) in [4.78, 5) is 32.8. The maximum Gasteiger partial charge on any atom is 0.416 e. The second-order valence-electron chi connectivity index (χ2n) is 7.95. The molecule has 0 aliphatic carbocycles. The van der Waals surface area contributed by atoms with Crippen LogP contribution in [0.4, 0.5) is 4.79 Å². The van der Waals surface area contributed by atoms with Gasteiger partial charge in [0, 0.05) is 31.1 Å². The first-order valence-corrected chi connectivity index (χ1v) is 10.7. The molecule has 3 aliphatic heterocycles. The van der Waals surface area contributed by atoms with E-state index in [1.54, 1.807) is 7.05 Å². The van der Waals surface area contributed by atoms with E-state index in [2.05, 4.69) is 12.1 Å². The van der Waals surface area contributed by atoms with Crippen molar-refractivity contribution in [3.63, 3.8) is 0 Å². The summed E-state index contributed by atoms with van der Waals surface area (Å²) in [5.74, 6) is 0.731. The van der Waals surface area contributed by atoms with Gasteiger partial charge in [-0.25, -0.2) is 9.37 Å². The number of amides is 3. The Morgan fingerprint density at radius 3 is 2.47 bits per heavy atom. The molecule has 2 aromatic rings. The maximum absolute atomic E-state index is 13.1. The van der Waals surface area contributed by atoms with Crippen LogP contribution in [0, 0.1) is 0 Å². The summed E-state index contributed by atoms with van der Waals surface area (Å²) in [6, 6.07) is 16.6. The van der Waals surface area contributed by atoms with Gasteiger partial charge in [0.15, 0.2) is 0 Å². The van der Waals surface area contributed by atoms with Crippen LogP contribution < -0.4 is 0 Å². The van der Waals surface area contributed by atoms with Gasteiger partial charge >= 0.3 is 12.0 Å². The number of urea groups is 1. The molecule has 3 aliphatic rings. The maximum atomic E-state index is 13.1. The summed E-state index contributed by atoms with van der Waals surface area (Å²) < 4.78 is 1.93. The third-order valence-corrected chi connectivity index (χ3v) is 6.19. The number of imide groups is 1. The average molecular weight is 450 g/mol. The number of guanidine groups is 1. The number of likely N-dealkylation sites (N-methyl/N-ethyl adjacent to an activating group) is 2. The molecule has 0 N–H and O–H groups in total. The van der Waals surface area contributed by atoms with Gasteiger partial charge in [0.25, 0.3) is 5.91 Å².